The number of carbonyl (C=O) groups is 2. The number of carbonyl (C=O) groups excluding carboxylic acids is 2. The summed E-state index contributed by atoms with van der Waals surface area (Å²) in [6.45, 7) is 1.29. The summed E-state index contributed by atoms with van der Waals surface area (Å²) in [7, 11) is -3.76. The number of esters is 1. The number of amides is 1. The van der Waals surface area contributed by atoms with Crippen molar-refractivity contribution in [2.24, 2.45) is 5.92 Å². The van der Waals surface area contributed by atoms with Crippen molar-refractivity contribution in [2.75, 3.05) is 0 Å². The predicted molar refractivity (Wildman–Crippen MR) is 141 cm³/mol. The highest BCUT2D eigenvalue weighted by Crippen LogP contribution is 2.53. The summed E-state index contributed by atoms with van der Waals surface area (Å²) < 4.78 is 26.2. The molecule has 0 aromatic heterocycles. The topological polar surface area (TPSA) is 136 Å². The molecule has 39 heavy (non-hydrogen) atoms. The highest BCUT2D eigenvalue weighted by Gasteiger charge is 2.58. The van der Waals surface area contributed by atoms with Gasteiger partial charge in [0.25, 0.3) is 5.69 Å². The molecule has 5 rings (SSSR count). The average Bonchev–Trinajstić information content (AvgIpc) is 3.26. The molecule has 1 amide bonds. The zero-order valence-electron chi connectivity index (χ0n) is 20.9. The molecule has 0 radical (unpaired) electrons. The fourth-order valence-electron chi connectivity index (χ4n) is 4.89. The van der Waals surface area contributed by atoms with Crippen LogP contribution in [0.3, 0.4) is 0 Å². The Hall–Kier alpha value is -4.27. The molecule has 10 nitrogen and oxygen atoms in total. The summed E-state index contributed by atoms with van der Waals surface area (Å²) in [5.41, 5.74) is 0.244. The number of aliphatic hydroxyl groups excluding tert-OH is 1. The van der Waals surface area contributed by atoms with Crippen LogP contribution in [-0.2, 0) is 30.0 Å². The van der Waals surface area contributed by atoms with Gasteiger partial charge >= 0.3 is 13.3 Å². The molecule has 1 N–H and O–H groups in total. The van der Waals surface area contributed by atoms with Gasteiger partial charge in [0.15, 0.2) is 5.70 Å². The van der Waals surface area contributed by atoms with Crippen LogP contribution in [0.15, 0.2) is 96.4 Å². The molecule has 3 atom stereocenters. The minimum Gasteiger partial charge on any atom is -0.456 e. The Morgan fingerprint density at radius 2 is 1.62 bits per heavy atom. The van der Waals surface area contributed by atoms with Crippen LogP contribution in [-0.4, -0.2) is 39.0 Å². The van der Waals surface area contributed by atoms with Crippen molar-refractivity contribution in [2.45, 2.75) is 32.1 Å². The first-order chi connectivity index (χ1) is 18.7. The van der Waals surface area contributed by atoms with Crippen molar-refractivity contribution >= 4 is 35.5 Å². The van der Waals surface area contributed by atoms with Gasteiger partial charge in [-0.25, -0.2) is 4.79 Å². The molecule has 0 aliphatic carbocycles. The SMILES string of the molecule is CC(O)[C@@H]1C(=O)N2C(C(=O)OCc3ccc([N+](=O)[O-])cc3)=C(OP(=O)(c3ccccc3)c3ccccc3)CC12. The van der Waals surface area contributed by atoms with E-state index in [1.165, 1.54) is 36.1 Å². The zero-order valence-corrected chi connectivity index (χ0v) is 21.8. The maximum Gasteiger partial charge on any atom is 0.358 e. The first kappa shape index (κ1) is 26.3. The van der Waals surface area contributed by atoms with E-state index in [4.69, 9.17) is 9.26 Å². The first-order valence-electron chi connectivity index (χ1n) is 12.3. The Morgan fingerprint density at radius 3 is 2.13 bits per heavy atom. The molecule has 1 saturated heterocycles. The predicted octanol–water partition coefficient (Wildman–Crippen LogP) is 3.41. The number of ether oxygens (including phenoxy) is 1. The van der Waals surface area contributed by atoms with E-state index < -0.39 is 42.2 Å². The second-order valence-electron chi connectivity index (χ2n) is 9.33. The van der Waals surface area contributed by atoms with E-state index in [0.717, 1.165) is 0 Å². The maximum absolute atomic E-state index is 14.5. The van der Waals surface area contributed by atoms with E-state index in [9.17, 15) is 29.4 Å². The molecule has 2 heterocycles. The Labute approximate surface area is 224 Å². The van der Waals surface area contributed by atoms with Gasteiger partial charge in [0, 0.05) is 18.6 Å². The lowest BCUT2D eigenvalue weighted by molar-refractivity contribution is -0.384. The largest absolute Gasteiger partial charge is 0.456 e. The number of β-lactam (4-membered cyclic amide) rings is 1. The molecule has 11 heteroatoms. The van der Waals surface area contributed by atoms with Gasteiger partial charge in [0.05, 0.1) is 33.6 Å². The fraction of sp³-hybridized carbons (Fsp3) is 0.214. The molecule has 2 aliphatic rings. The fourth-order valence-corrected chi connectivity index (χ4v) is 7.00. The number of rotatable bonds is 9. The average molecular weight is 548 g/mol. The normalized spacial score (nSPS) is 19.2. The lowest BCUT2D eigenvalue weighted by Gasteiger charge is -2.44. The van der Waals surface area contributed by atoms with E-state index >= 15 is 0 Å². The second-order valence-corrected chi connectivity index (χ2v) is 11.6. The van der Waals surface area contributed by atoms with Crippen molar-refractivity contribution in [3.63, 3.8) is 0 Å². The number of hydrogen-bond donors (Lipinski definition) is 1. The number of benzene rings is 3. The summed E-state index contributed by atoms with van der Waals surface area (Å²) in [6, 6.07) is 22.2. The standard InChI is InChI=1S/C28H25N2O8P/c1-18(31)25-23-16-24(38-39(36,21-8-4-2-5-9-21)22-10-6-3-7-11-22)26(29(23)27(25)32)28(33)37-17-19-12-14-20(15-13-19)30(34)35/h2-15,18,23,25,31H,16-17H2,1H3/t18?,23?,25-/m0/s1. The van der Waals surface area contributed by atoms with Crippen molar-refractivity contribution in [3.8, 4) is 0 Å². The van der Waals surface area contributed by atoms with Gasteiger partial charge in [0.2, 0.25) is 5.91 Å². The van der Waals surface area contributed by atoms with Gasteiger partial charge in [-0.15, -0.1) is 0 Å². The molecule has 0 spiro atoms. The third-order valence-electron chi connectivity index (χ3n) is 6.83. The Balaban J connectivity index is 1.49. The van der Waals surface area contributed by atoms with E-state index in [1.807, 2.05) is 0 Å². The van der Waals surface area contributed by atoms with Crippen LogP contribution in [0.1, 0.15) is 18.9 Å². The van der Waals surface area contributed by atoms with Gasteiger partial charge in [-0.2, -0.15) is 0 Å². The van der Waals surface area contributed by atoms with E-state index in [2.05, 4.69) is 0 Å². The molecule has 0 saturated carbocycles. The van der Waals surface area contributed by atoms with Crippen LogP contribution >= 0.6 is 7.37 Å². The summed E-state index contributed by atoms with van der Waals surface area (Å²) >= 11 is 0. The molecular formula is C28H25N2O8P. The summed E-state index contributed by atoms with van der Waals surface area (Å²) in [5, 5.41) is 21.9. The number of fused-ring (bicyclic) bond motifs is 1. The number of hydrogen-bond acceptors (Lipinski definition) is 8. The van der Waals surface area contributed by atoms with Crippen molar-refractivity contribution < 1.29 is 33.4 Å². The molecule has 0 bridgehead atoms. The van der Waals surface area contributed by atoms with Gasteiger partial charge < -0.3 is 14.4 Å². The van der Waals surface area contributed by atoms with Crippen LogP contribution in [0, 0.1) is 16.0 Å². The van der Waals surface area contributed by atoms with E-state index in [0.29, 0.717) is 16.2 Å². The molecular weight excluding hydrogens is 523 g/mol. The Bertz CT molecular complexity index is 1450. The number of nitro groups is 1. The molecule has 2 aliphatic heterocycles. The van der Waals surface area contributed by atoms with Crippen molar-refractivity contribution in [1.82, 2.24) is 4.90 Å². The third-order valence-corrected chi connectivity index (χ3v) is 9.26. The van der Waals surface area contributed by atoms with Crippen LogP contribution in [0.4, 0.5) is 5.69 Å². The van der Waals surface area contributed by atoms with Crippen LogP contribution < -0.4 is 10.6 Å². The lowest BCUT2D eigenvalue weighted by Crippen LogP contribution is -2.61. The van der Waals surface area contributed by atoms with Gasteiger partial charge in [-0.05, 0) is 48.9 Å². The molecule has 1 fully saturated rings. The van der Waals surface area contributed by atoms with Crippen LogP contribution in [0.5, 0.6) is 0 Å². The monoisotopic (exact) mass is 548 g/mol. The van der Waals surface area contributed by atoms with Crippen molar-refractivity contribution in [1.29, 1.82) is 0 Å². The number of nitro benzene ring substituents is 1. The molecule has 3 aromatic carbocycles. The van der Waals surface area contributed by atoms with Crippen LogP contribution in [0.25, 0.3) is 0 Å². The van der Waals surface area contributed by atoms with Crippen molar-refractivity contribution in [3.05, 3.63) is 112 Å². The van der Waals surface area contributed by atoms with E-state index in [-0.39, 0.29) is 30.2 Å². The maximum atomic E-state index is 14.5. The summed E-state index contributed by atoms with van der Waals surface area (Å²) in [6.07, 6.45) is -0.877. The van der Waals surface area contributed by atoms with Gasteiger partial charge in [0.1, 0.15) is 12.4 Å². The Kier molecular flexibility index (Phi) is 7.08. The third kappa shape index (κ3) is 4.84. The minimum atomic E-state index is -3.76. The molecule has 3 aromatic rings. The number of aliphatic hydroxyl groups is 1. The van der Waals surface area contributed by atoms with Gasteiger partial charge in [-0.3, -0.25) is 24.4 Å². The molecule has 200 valence electrons. The van der Waals surface area contributed by atoms with Gasteiger partial charge in [-0.1, -0.05) is 36.4 Å². The highest BCUT2D eigenvalue weighted by atomic mass is 31.2. The van der Waals surface area contributed by atoms with E-state index in [1.54, 1.807) is 60.7 Å². The number of non-ortho nitro benzene ring substituents is 1. The zero-order chi connectivity index (χ0) is 27.7. The Morgan fingerprint density at radius 1 is 1.05 bits per heavy atom. The number of nitrogens with zero attached hydrogens (tertiary/aromatic N) is 2. The highest BCUT2D eigenvalue weighted by molar-refractivity contribution is 7.74. The summed E-state index contributed by atoms with van der Waals surface area (Å²) in [4.78, 5) is 37.9. The summed E-state index contributed by atoms with van der Waals surface area (Å²) in [5.74, 6) is -2.02. The first-order valence-corrected chi connectivity index (χ1v) is 13.9. The minimum absolute atomic E-state index is 0.0428. The quantitative estimate of drug-likeness (QED) is 0.141. The molecule has 2 unspecified atom stereocenters. The van der Waals surface area contributed by atoms with Crippen LogP contribution in [0.2, 0.25) is 0 Å². The smallest absolute Gasteiger partial charge is 0.358 e. The second kappa shape index (κ2) is 10.5. The lowest BCUT2D eigenvalue weighted by atomic mass is 9.83.